The number of rotatable bonds is 1. The number of carbonyl (C=O) groups is 2. The van der Waals surface area contributed by atoms with Crippen LogP contribution in [0, 0.1) is 10.8 Å². The predicted octanol–water partition coefficient (Wildman–Crippen LogP) is 3.12. The summed E-state index contributed by atoms with van der Waals surface area (Å²) in [6.07, 6.45) is 2.62. The predicted molar refractivity (Wildman–Crippen MR) is 98.0 cm³/mol. The molecule has 2 aromatic carbocycles. The highest BCUT2D eigenvalue weighted by atomic mass is 16.2. The first-order valence-electron chi connectivity index (χ1n) is 8.62. The van der Waals surface area contributed by atoms with Crippen LogP contribution in [0.15, 0.2) is 54.2 Å². The van der Waals surface area contributed by atoms with Gasteiger partial charge >= 0.3 is 0 Å². The zero-order chi connectivity index (χ0) is 17.8. The first kappa shape index (κ1) is 15.9. The summed E-state index contributed by atoms with van der Waals surface area (Å²) in [4.78, 5) is 27.0. The standard InChI is InChI=1S/C21H22N2O2/c1-20(2)11-21(10-17(22)18(20)24)12-23(13-21)19(25)16-9-5-7-14-6-3-4-8-15(14)16/h3-10H,11-13,22H2,1-2H3. The van der Waals surface area contributed by atoms with E-state index in [1.54, 1.807) is 0 Å². The quantitative estimate of drug-likeness (QED) is 0.871. The SMILES string of the molecule is CC1(C)CC2(C=C(N)C1=O)CN(C(=O)c1cccc3ccccc13)C2. The van der Waals surface area contributed by atoms with Gasteiger partial charge in [0.05, 0.1) is 5.70 Å². The van der Waals surface area contributed by atoms with Gasteiger partial charge in [-0.25, -0.2) is 0 Å². The van der Waals surface area contributed by atoms with E-state index in [1.165, 1.54) is 0 Å². The Bertz CT molecular complexity index is 915. The summed E-state index contributed by atoms with van der Waals surface area (Å²) >= 11 is 0. The van der Waals surface area contributed by atoms with Crippen LogP contribution in [0.25, 0.3) is 10.8 Å². The minimum Gasteiger partial charge on any atom is -0.396 e. The number of amides is 1. The molecule has 4 nitrogen and oxygen atoms in total. The molecule has 1 aliphatic carbocycles. The van der Waals surface area contributed by atoms with Gasteiger partial charge < -0.3 is 10.6 Å². The third-order valence-electron chi connectivity index (χ3n) is 5.45. The van der Waals surface area contributed by atoms with E-state index in [2.05, 4.69) is 0 Å². The van der Waals surface area contributed by atoms with E-state index in [0.29, 0.717) is 18.8 Å². The van der Waals surface area contributed by atoms with Crippen molar-refractivity contribution in [3.05, 3.63) is 59.8 Å². The number of likely N-dealkylation sites (tertiary alicyclic amines) is 1. The highest BCUT2D eigenvalue weighted by molar-refractivity contribution is 6.07. The summed E-state index contributed by atoms with van der Waals surface area (Å²) in [5.41, 5.74) is 6.40. The maximum atomic E-state index is 13.0. The molecule has 0 bridgehead atoms. The Balaban J connectivity index is 1.60. The Morgan fingerprint density at radius 3 is 2.48 bits per heavy atom. The van der Waals surface area contributed by atoms with Crippen LogP contribution in [-0.4, -0.2) is 29.7 Å². The van der Waals surface area contributed by atoms with E-state index in [9.17, 15) is 9.59 Å². The van der Waals surface area contributed by atoms with E-state index in [-0.39, 0.29) is 17.1 Å². The second-order valence-electron chi connectivity index (χ2n) is 8.04. The molecule has 1 fully saturated rings. The van der Waals surface area contributed by atoms with Gasteiger partial charge in [-0.2, -0.15) is 0 Å². The molecular weight excluding hydrogens is 312 g/mol. The molecule has 4 rings (SSSR count). The zero-order valence-electron chi connectivity index (χ0n) is 14.6. The van der Waals surface area contributed by atoms with Crippen molar-refractivity contribution in [1.82, 2.24) is 4.90 Å². The molecule has 0 atom stereocenters. The lowest BCUT2D eigenvalue weighted by atomic mass is 9.62. The van der Waals surface area contributed by atoms with Gasteiger partial charge in [0.2, 0.25) is 0 Å². The van der Waals surface area contributed by atoms with Crippen LogP contribution in [0.1, 0.15) is 30.6 Å². The molecule has 0 radical (unpaired) electrons. The summed E-state index contributed by atoms with van der Waals surface area (Å²) in [5, 5.41) is 2.04. The monoisotopic (exact) mass is 334 g/mol. The Morgan fingerprint density at radius 2 is 1.76 bits per heavy atom. The van der Waals surface area contributed by atoms with E-state index in [1.807, 2.05) is 67.3 Å². The summed E-state index contributed by atoms with van der Waals surface area (Å²) in [6.45, 7) is 5.11. The molecular formula is C21H22N2O2. The molecule has 1 saturated heterocycles. The molecule has 0 aromatic heterocycles. The Morgan fingerprint density at radius 1 is 1.08 bits per heavy atom. The van der Waals surface area contributed by atoms with Crippen LogP contribution in [-0.2, 0) is 4.79 Å². The maximum Gasteiger partial charge on any atom is 0.254 e. The fourth-order valence-electron chi connectivity index (χ4n) is 4.44. The summed E-state index contributed by atoms with van der Waals surface area (Å²) in [6, 6.07) is 13.8. The van der Waals surface area contributed by atoms with Gasteiger partial charge in [0.1, 0.15) is 0 Å². The van der Waals surface area contributed by atoms with E-state index >= 15 is 0 Å². The first-order chi connectivity index (χ1) is 11.8. The van der Waals surface area contributed by atoms with Crippen LogP contribution < -0.4 is 5.73 Å². The van der Waals surface area contributed by atoms with Gasteiger partial charge in [-0.3, -0.25) is 9.59 Å². The topological polar surface area (TPSA) is 63.4 Å². The zero-order valence-corrected chi connectivity index (χ0v) is 14.6. The van der Waals surface area contributed by atoms with Crippen molar-refractivity contribution >= 4 is 22.5 Å². The molecule has 128 valence electrons. The Labute approximate surface area is 147 Å². The van der Waals surface area contributed by atoms with Crippen LogP contribution in [0.4, 0.5) is 0 Å². The van der Waals surface area contributed by atoms with Crippen LogP contribution >= 0.6 is 0 Å². The fourth-order valence-corrected chi connectivity index (χ4v) is 4.44. The van der Waals surface area contributed by atoms with Crippen molar-refractivity contribution in [3.8, 4) is 0 Å². The van der Waals surface area contributed by atoms with E-state index in [0.717, 1.165) is 22.8 Å². The third-order valence-corrected chi connectivity index (χ3v) is 5.45. The van der Waals surface area contributed by atoms with Gasteiger partial charge in [-0.05, 0) is 29.3 Å². The van der Waals surface area contributed by atoms with Gasteiger partial charge in [-0.15, -0.1) is 0 Å². The Hall–Kier alpha value is -2.62. The molecule has 1 heterocycles. The van der Waals surface area contributed by atoms with Gasteiger partial charge in [0, 0.05) is 29.5 Å². The first-order valence-corrected chi connectivity index (χ1v) is 8.62. The molecule has 4 heteroatoms. The maximum absolute atomic E-state index is 13.0. The minimum absolute atomic E-state index is 0.0111. The van der Waals surface area contributed by atoms with Crippen LogP contribution in [0.5, 0.6) is 0 Å². The third kappa shape index (κ3) is 2.44. The molecule has 1 spiro atoms. The lowest BCUT2D eigenvalue weighted by molar-refractivity contribution is -0.127. The number of fused-ring (bicyclic) bond motifs is 1. The molecule has 2 aromatic rings. The van der Waals surface area contributed by atoms with Crippen molar-refractivity contribution in [1.29, 1.82) is 0 Å². The number of Topliss-reactive ketones (excluding diaryl/α,β-unsaturated/α-hetero) is 1. The van der Waals surface area contributed by atoms with Crippen LogP contribution in [0.2, 0.25) is 0 Å². The van der Waals surface area contributed by atoms with Crippen molar-refractivity contribution in [2.24, 2.45) is 16.6 Å². The molecule has 2 aliphatic rings. The summed E-state index contributed by atoms with van der Waals surface area (Å²) < 4.78 is 0. The van der Waals surface area contributed by atoms with Crippen LogP contribution in [0.3, 0.4) is 0 Å². The number of nitrogens with zero attached hydrogens (tertiary/aromatic N) is 1. The number of benzene rings is 2. The highest BCUT2D eigenvalue weighted by Gasteiger charge is 2.51. The lowest BCUT2D eigenvalue weighted by Gasteiger charge is -2.53. The Kier molecular flexibility index (Phi) is 3.29. The van der Waals surface area contributed by atoms with Gasteiger partial charge in [0.15, 0.2) is 5.78 Å². The number of nitrogens with two attached hydrogens (primary N) is 1. The lowest BCUT2D eigenvalue weighted by Crippen LogP contribution is -2.61. The molecule has 0 saturated carbocycles. The van der Waals surface area contributed by atoms with E-state index in [4.69, 9.17) is 5.73 Å². The van der Waals surface area contributed by atoms with Crippen molar-refractivity contribution in [2.75, 3.05) is 13.1 Å². The molecule has 1 amide bonds. The van der Waals surface area contributed by atoms with Crippen molar-refractivity contribution in [2.45, 2.75) is 20.3 Å². The molecule has 25 heavy (non-hydrogen) atoms. The van der Waals surface area contributed by atoms with Crippen molar-refractivity contribution in [3.63, 3.8) is 0 Å². The largest absolute Gasteiger partial charge is 0.396 e. The second kappa shape index (κ2) is 5.19. The van der Waals surface area contributed by atoms with Gasteiger partial charge in [0.25, 0.3) is 5.91 Å². The van der Waals surface area contributed by atoms with Crippen molar-refractivity contribution < 1.29 is 9.59 Å². The molecule has 2 N–H and O–H groups in total. The molecule has 1 aliphatic heterocycles. The number of carbonyl (C=O) groups excluding carboxylic acids is 2. The van der Waals surface area contributed by atoms with Gasteiger partial charge in [-0.1, -0.05) is 50.2 Å². The second-order valence-corrected chi connectivity index (χ2v) is 8.04. The summed E-state index contributed by atoms with van der Waals surface area (Å²) in [7, 11) is 0. The summed E-state index contributed by atoms with van der Waals surface area (Å²) in [5.74, 6) is 0.0565. The number of hydrogen-bond acceptors (Lipinski definition) is 3. The number of allylic oxidation sites excluding steroid dienone is 1. The minimum atomic E-state index is -0.465. The number of ketones is 1. The smallest absolute Gasteiger partial charge is 0.254 e. The number of hydrogen-bond donors (Lipinski definition) is 1. The fraction of sp³-hybridized carbons (Fsp3) is 0.333. The average molecular weight is 334 g/mol. The average Bonchev–Trinajstić information content (AvgIpc) is 2.56. The highest BCUT2D eigenvalue weighted by Crippen LogP contribution is 2.47. The molecule has 0 unspecified atom stereocenters. The normalized spacial score (nSPS) is 21.1. The van der Waals surface area contributed by atoms with E-state index < -0.39 is 5.41 Å².